The van der Waals surface area contributed by atoms with Crippen molar-refractivity contribution in [2.45, 2.75) is 77.6 Å². The van der Waals surface area contributed by atoms with Crippen LogP contribution in [0.5, 0.6) is 5.75 Å². The molecule has 1 aromatic heterocycles. The molecule has 0 aliphatic carbocycles. The third-order valence-electron chi connectivity index (χ3n) is 7.09. The number of nitrogens with zero attached hydrogens (tertiary/aromatic N) is 3. The SMILES string of the molecule is CCCCCCCC(C)c1cc(-n2nc3ccccc3n2)c(O)c(C(C)(C)c2ccccc2)c1. The second-order valence-corrected chi connectivity index (χ2v) is 10.0. The van der Waals surface area contributed by atoms with Crippen LogP contribution in [0.15, 0.2) is 66.7 Å². The Bertz CT molecular complexity index is 1190. The summed E-state index contributed by atoms with van der Waals surface area (Å²) in [7, 11) is 0. The van der Waals surface area contributed by atoms with Gasteiger partial charge in [-0.2, -0.15) is 0 Å². The normalized spacial score (nSPS) is 12.8. The predicted molar refractivity (Wildman–Crippen MR) is 141 cm³/mol. The Morgan fingerprint density at radius 3 is 2.12 bits per heavy atom. The number of fused-ring (bicyclic) bond motifs is 1. The number of aromatic hydroxyl groups is 1. The molecular weight excluding hydrogens is 418 g/mol. The highest BCUT2D eigenvalue weighted by Crippen LogP contribution is 2.42. The first-order chi connectivity index (χ1) is 16.4. The smallest absolute Gasteiger partial charge is 0.147 e. The third kappa shape index (κ3) is 5.01. The topological polar surface area (TPSA) is 50.9 Å². The molecule has 0 amide bonds. The predicted octanol–water partition coefficient (Wildman–Crippen LogP) is 7.92. The Hall–Kier alpha value is -3.14. The number of aromatic nitrogens is 3. The summed E-state index contributed by atoms with van der Waals surface area (Å²) in [5, 5.41) is 20.9. The molecule has 4 aromatic rings. The zero-order valence-electron chi connectivity index (χ0n) is 21.0. The maximum atomic E-state index is 11.5. The summed E-state index contributed by atoms with van der Waals surface area (Å²) in [6.07, 6.45) is 7.51. The molecule has 0 saturated heterocycles. The molecule has 0 radical (unpaired) electrons. The van der Waals surface area contributed by atoms with Crippen LogP contribution >= 0.6 is 0 Å². The molecule has 1 atom stereocenters. The van der Waals surface area contributed by atoms with Gasteiger partial charge in [0, 0.05) is 11.0 Å². The summed E-state index contributed by atoms with van der Waals surface area (Å²) in [4.78, 5) is 1.60. The molecule has 3 aromatic carbocycles. The first-order valence-electron chi connectivity index (χ1n) is 12.7. The quantitative estimate of drug-likeness (QED) is 0.247. The van der Waals surface area contributed by atoms with Crippen LogP contribution in [-0.2, 0) is 5.41 Å². The summed E-state index contributed by atoms with van der Waals surface area (Å²) in [5.41, 5.74) is 5.21. The molecule has 34 heavy (non-hydrogen) atoms. The monoisotopic (exact) mass is 455 g/mol. The van der Waals surface area contributed by atoms with E-state index >= 15 is 0 Å². The van der Waals surface area contributed by atoms with Crippen molar-refractivity contribution in [1.82, 2.24) is 15.0 Å². The third-order valence-corrected chi connectivity index (χ3v) is 7.09. The maximum Gasteiger partial charge on any atom is 0.147 e. The Morgan fingerprint density at radius 2 is 1.47 bits per heavy atom. The van der Waals surface area contributed by atoms with Gasteiger partial charge in [-0.3, -0.25) is 0 Å². The lowest BCUT2D eigenvalue weighted by molar-refractivity contribution is 0.445. The summed E-state index contributed by atoms with van der Waals surface area (Å²) in [6, 6.07) is 22.5. The molecule has 0 spiro atoms. The molecule has 0 saturated carbocycles. The van der Waals surface area contributed by atoms with Gasteiger partial charge in [0.05, 0.1) is 0 Å². The van der Waals surface area contributed by atoms with E-state index in [1.54, 1.807) is 4.80 Å². The van der Waals surface area contributed by atoms with Crippen molar-refractivity contribution in [3.05, 3.63) is 83.4 Å². The number of rotatable bonds is 10. The molecule has 4 nitrogen and oxygen atoms in total. The summed E-state index contributed by atoms with van der Waals surface area (Å²) >= 11 is 0. The fourth-order valence-electron chi connectivity index (χ4n) is 4.75. The number of unbranched alkanes of at least 4 members (excludes halogenated alkanes) is 4. The van der Waals surface area contributed by atoms with Crippen molar-refractivity contribution in [3.8, 4) is 11.4 Å². The molecule has 0 fully saturated rings. The van der Waals surface area contributed by atoms with Crippen molar-refractivity contribution >= 4 is 11.0 Å². The van der Waals surface area contributed by atoms with E-state index in [2.05, 4.69) is 74.3 Å². The van der Waals surface area contributed by atoms with Crippen LogP contribution in [0.4, 0.5) is 0 Å². The number of hydrogen-bond donors (Lipinski definition) is 1. The van der Waals surface area contributed by atoms with Gasteiger partial charge in [0.1, 0.15) is 22.5 Å². The van der Waals surface area contributed by atoms with Crippen LogP contribution in [0.25, 0.3) is 16.7 Å². The maximum absolute atomic E-state index is 11.5. The Labute approximate surface area is 203 Å². The molecule has 1 heterocycles. The first-order valence-corrected chi connectivity index (χ1v) is 12.7. The minimum absolute atomic E-state index is 0.244. The van der Waals surface area contributed by atoms with Crippen LogP contribution in [-0.4, -0.2) is 20.1 Å². The van der Waals surface area contributed by atoms with Gasteiger partial charge in [0.2, 0.25) is 0 Å². The van der Waals surface area contributed by atoms with E-state index < -0.39 is 0 Å². The number of hydrogen-bond acceptors (Lipinski definition) is 3. The second kappa shape index (κ2) is 10.4. The van der Waals surface area contributed by atoms with Gasteiger partial charge < -0.3 is 5.11 Å². The lowest BCUT2D eigenvalue weighted by Crippen LogP contribution is -2.20. The molecule has 1 unspecified atom stereocenters. The highest BCUT2D eigenvalue weighted by Gasteiger charge is 2.29. The van der Waals surface area contributed by atoms with E-state index in [1.807, 2.05) is 30.3 Å². The van der Waals surface area contributed by atoms with E-state index in [-0.39, 0.29) is 11.2 Å². The summed E-state index contributed by atoms with van der Waals surface area (Å²) in [6.45, 7) is 8.90. The molecule has 4 heteroatoms. The summed E-state index contributed by atoms with van der Waals surface area (Å²) < 4.78 is 0. The zero-order chi connectivity index (χ0) is 24.1. The molecular formula is C30H37N3O. The van der Waals surface area contributed by atoms with Crippen LogP contribution in [0.1, 0.15) is 88.8 Å². The molecule has 0 aliphatic heterocycles. The van der Waals surface area contributed by atoms with Crippen molar-refractivity contribution in [1.29, 1.82) is 0 Å². The van der Waals surface area contributed by atoms with E-state index in [0.29, 0.717) is 11.6 Å². The fraction of sp³-hybridized carbons (Fsp3) is 0.400. The Balaban J connectivity index is 1.77. The number of phenols is 1. The van der Waals surface area contributed by atoms with E-state index in [0.717, 1.165) is 23.0 Å². The first kappa shape index (κ1) is 24.0. The Morgan fingerprint density at radius 1 is 0.853 bits per heavy atom. The minimum atomic E-state index is -0.372. The van der Waals surface area contributed by atoms with Gasteiger partial charge >= 0.3 is 0 Å². The molecule has 0 aliphatic rings. The van der Waals surface area contributed by atoms with Gasteiger partial charge in [0.25, 0.3) is 0 Å². The van der Waals surface area contributed by atoms with Gasteiger partial charge in [-0.25, -0.2) is 0 Å². The van der Waals surface area contributed by atoms with Gasteiger partial charge in [0.15, 0.2) is 0 Å². The van der Waals surface area contributed by atoms with Crippen molar-refractivity contribution in [3.63, 3.8) is 0 Å². The van der Waals surface area contributed by atoms with Gasteiger partial charge in [-0.15, -0.1) is 15.0 Å². The van der Waals surface area contributed by atoms with Crippen LogP contribution in [0.3, 0.4) is 0 Å². The van der Waals surface area contributed by atoms with Gasteiger partial charge in [-0.05, 0) is 41.7 Å². The largest absolute Gasteiger partial charge is 0.505 e. The molecule has 178 valence electrons. The van der Waals surface area contributed by atoms with E-state index in [9.17, 15) is 5.11 Å². The average molecular weight is 456 g/mol. The van der Waals surface area contributed by atoms with Crippen LogP contribution < -0.4 is 0 Å². The second-order valence-electron chi connectivity index (χ2n) is 10.0. The average Bonchev–Trinajstić information content (AvgIpc) is 3.28. The van der Waals surface area contributed by atoms with Crippen LogP contribution in [0, 0.1) is 0 Å². The number of benzene rings is 3. The highest BCUT2D eigenvalue weighted by atomic mass is 16.3. The Kier molecular flexibility index (Phi) is 7.35. The minimum Gasteiger partial charge on any atom is -0.505 e. The van der Waals surface area contributed by atoms with Gasteiger partial charge in [-0.1, -0.05) is 108 Å². The molecule has 4 rings (SSSR count). The van der Waals surface area contributed by atoms with Crippen molar-refractivity contribution in [2.75, 3.05) is 0 Å². The standard InChI is InChI=1S/C30H37N3O/c1-5-6-7-8-10-15-22(2)23-20-25(30(3,4)24-16-11-9-12-17-24)29(34)28(21-23)33-31-26-18-13-14-19-27(26)32-33/h9,11-14,16-22,34H,5-8,10,15H2,1-4H3. The fourth-order valence-corrected chi connectivity index (χ4v) is 4.75. The lowest BCUT2D eigenvalue weighted by atomic mass is 9.76. The molecule has 0 bridgehead atoms. The van der Waals surface area contributed by atoms with Crippen molar-refractivity contribution < 1.29 is 5.11 Å². The molecule has 1 N–H and O–H groups in total. The summed E-state index contributed by atoms with van der Waals surface area (Å²) in [5.74, 6) is 0.629. The highest BCUT2D eigenvalue weighted by molar-refractivity contribution is 5.74. The van der Waals surface area contributed by atoms with Crippen molar-refractivity contribution in [2.24, 2.45) is 0 Å². The number of phenolic OH excluding ortho intramolecular Hbond substituents is 1. The lowest BCUT2D eigenvalue weighted by Gasteiger charge is -2.29. The van der Waals surface area contributed by atoms with E-state index in [4.69, 9.17) is 0 Å². The van der Waals surface area contributed by atoms with E-state index in [1.165, 1.54) is 43.2 Å². The van der Waals surface area contributed by atoms with Crippen LogP contribution in [0.2, 0.25) is 0 Å². The zero-order valence-corrected chi connectivity index (χ0v) is 21.0.